The van der Waals surface area contributed by atoms with Crippen LogP contribution in [0.1, 0.15) is 24.2 Å². The average Bonchev–Trinajstić information content (AvgIpc) is 2.86. The topological polar surface area (TPSA) is 78.9 Å². The van der Waals surface area contributed by atoms with Crippen LogP contribution in [0.15, 0.2) is 48.5 Å². The van der Waals surface area contributed by atoms with Crippen molar-refractivity contribution in [1.29, 1.82) is 0 Å². The van der Waals surface area contributed by atoms with Crippen molar-refractivity contribution in [3.63, 3.8) is 0 Å². The van der Waals surface area contributed by atoms with Crippen molar-refractivity contribution < 1.29 is 19.4 Å². The number of rotatable bonds is 5. The molecule has 2 aromatic rings. The van der Waals surface area contributed by atoms with Crippen molar-refractivity contribution in [3.05, 3.63) is 64.7 Å². The minimum Gasteiger partial charge on any atom is -0.497 e. The minimum absolute atomic E-state index is 0.147. The lowest BCUT2D eigenvalue weighted by Crippen LogP contribution is -2.41. The van der Waals surface area contributed by atoms with E-state index in [1.165, 1.54) is 7.11 Å². The number of hydrogen-bond donors (Lipinski definition) is 2. The number of amides is 3. The number of hydrogen-bond acceptors (Lipinski definition) is 4. The molecule has 2 N–H and O–H groups in total. The van der Waals surface area contributed by atoms with E-state index < -0.39 is 23.6 Å². The van der Waals surface area contributed by atoms with Crippen molar-refractivity contribution >= 4 is 23.5 Å². The number of carbonyl (C=O) groups is 2. The molecule has 0 spiro atoms. The summed E-state index contributed by atoms with van der Waals surface area (Å²) in [5.74, 6) is 0.161. The second-order valence-corrected chi connectivity index (χ2v) is 6.71. The molecule has 0 aromatic heterocycles. The van der Waals surface area contributed by atoms with E-state index in [4.69, 9.17) is 16.3 Å². The number of ether oxygens (including phenoxy) is 1. The minimum atomic E-state index is -1.22. The molecule has 0 bridgehead atoms. The van der Waals surface area contributed by atoms with E-state index >= 15 is 0 Å². The fourth-order valence-corrected chi connectivity index (χ4v) is 3.08. The zero-order valence-corrected chi connectivity index (χ0v) is 15.2. The number of aliphatic hydroxyl groups excluding tert-OH is 1. The third kappa shape index (κ3) is 3.25. The van der Waals surface area contributed by atoms with Crippen LogP contribution in [0.5, 0.6) is 5.75 Å². The van der Waals surface area contributed by atoms with Gasteiger partial charge in [0.1, 0.15) is 11.3 Å². The summed E-state index contributed by atoms with van der Waals surface area (Å²) in [6.07, 6.45) is -1.00. The maximum absolute atomic E-state index is 12.9. The number of halogens is 1. The van der Waals surface area contributed by atoms with Crippen molar-refractivity contribution in [1.82, 2.24) is 10.2 Å². The van der Waals surface area contributed by atoms with Gasteiger partial charge in [0.05, 0.1) is 19.8 Å². The highest BCUT2D eigenvalue weighted by Gasteiger charge is 2.49. The molecule has 0 radical (unpaired) electrons. The molecule has 0 saturated carbocycles. The van der Waals surface area contributed by atoms with Gasteiger partial charge in [-0.3, -0.25) is 9.69 Å². The highest BCUT2D eigenvalue weighted by Crippen LogP contribution is 2.32. The largest absolute Gasteiger partial charge is 0.497 e. The quantitative estimate of drug-likeness (QED) is 0.789. The number of carbonyl (C=O) groups excluding carboxylic acids is 2. The summed E-state index contributed by atoms with van der Waals surface area (Å²) in [5.41, 5.74) is -0.0330. The van der Waals surface area contributed by atoms with Gasteiger partial charge in [-0.25, -0.2) is 4.79 Å². The fraction of sp³-hybridized carbons (Fsp3) is 0.263. The third-order valence-electron chi connectivity index (χ3n) is 4.53. The van der Waals surface area contributed by atoms with Crippen LogP contribution in [0.3, 0.4) is 0 Å². The summed E-state index contributed by atoms with van der Waals surface area (Å²) in [4.78, 5) is 26.3. The number of β-amino-alcohol motifs (C(OH)–C–C–N with tert-alkyl or cyclic N) is 1. The number of benzene rings is 2. The van der Waals surface area contributed by atoms with E-state index in [0.717, 1.165) is 4.90 Å². The first-order valence-corrected chi connectivity index (χ1v) is 8.45. The molecular formula is C19H19ClN2O4. The Morgan fingerprint density at radius 1 is 1.23 bits per heavy atom. The van der Waals surface area contributed by atoms with Gasteiger partial charge in [0, 0.05) is 5.02 Å². The Morgan fingerprint density at radius 3 is 2.58 bits per heavy atom. The standard InChI is InChI=1S/C19H19ClN2O4/c1-19(13-4-3-5-15(10-13)26-2)17(24)22(18(25)21-19)11-16(23)12-6-8-14(20)9-7-12/h3-10,16,23H,11H2,1-2H3,(H,21,25). The van der Waals surface area contributed by atoms with Gasteiger partial charge in [-0.1, -0.05) is 35.9 Å². The van der Waals surface area contributed by atoms with Gasteiger partial charge in [-0.15, -0.1) is 0 Å². The number of urea groups is 1. The first kappa shape index (κ1) is 18.2. The summed E-state index contributed by atoms with van der Waals surface area (Å²) in [6, 6.07) is 13.0. The van der Waals surface area contributed by atoms with Gasteiger partial charge in [-0.2, -0.15) is 0 Å². The molecule has 3 amide bonds. The Kier molecular flexibility index (Phi) is 4.89. The number of aliphatic hydroxyl groups is 1. The van der Waals surface area contributed by atoms with Crippen LogP contribution in [-0.4, -0.2) is 35.6 Å². The van der Waals surface area contributed by atoms with E-state index in [2.05, 4.69) is 5.32 Å². The summed E-state index contributed by atoms with van der Waals surface area (Å²) in [6.45, 7) is 1.49. The summed E-state index contributed by atoms with van der Waals surface area (Å²) in [7, 11) is 1.53. The lowest BCUT2D eigenvalue weighted by atomic mass is 9.92. The first-order valence-electron chi connectivity index (χ1n) is 8.07. The van der Waals surface area contributed by atoms with Gasteiger partial charge >= 0.3 is 6.03 Å². The fourth-order valence-electron chi connectivity index (χ4n) is 2.96. The monoisotopic (exact) mass is 374 g/mol. The molecule has 3 rings (SSSR count). The number of methoxy groups -OCH3 is 1. The van der Waals surface area contributed by atoms with E-state index in [1.807, 2.05) is 0 Å². The molecule has 2 unspecified atom stereocenters. The summed E-state index contributed by atoms with van der Waals surface area (Å²) < 4.78 is 5.19. The Hall–Kier alpha value is -2.57. The predicted molar refractivity (Wildman–Crippen MR) is 97.0 cm³/mol. The van der Waals surface area contributed by atoms with E-state index in [-0.39, 0.29) is 6.54 Å². The third-order valence-corrected chi connectivity index (χ3v) is 4.78. The van der Waals surface area contributed by atoms with Crippen molar-refractivity contribution in [2.75, 3.05) is 13.7 Å². The molecule has 1 fully saturated rings. The van der Waals surface area contributed by atoms with Crippen LogP contribution in [0.4, 0.5) is 4.79 Å². The van der Waals surface area contributed by atoms with Crippen molar-refractivity contribution in [2.45, 2.75) is 18.6 Å². The lowest BCUT2D eigenvalue weighted by Gasteiger charge is -2.23. The van der Waals surface area contributed by atoms with Gasteiger partial charge in [0.15, 0.2) is 0 Å². The molecule has 136 valence electrons. The van der Waals surface area contributed by atoms with Crippen molar-refractivity contribution in [3.8, 4) is 5.75 Å². The van der Waals surface area contributed by atoms with E-state index in [1.54, 1.807) is 55.5 Å². The van der Waals surface area contributed by atoms with Crippen LogP contribution < -0.4 is 10.1 Å². The Bertz CT molecular complexity index is 840. The summed E-state index contributed by atoms with van der Waals surface area (Å²) in [5, 5.41) is 13.6. The normalized spacial score (nSPS) is 20.8. The van der Waals surface area contributed by atoms with E-state index in [0.29, 0.717) is 21.9 Å². The Morgan fingerprint density at radius 2 is 1.92 bits per heavy atom. The van der Waals surface area contributed by atoms with Crippen LogP contribution in [0.2, 0.25) is 5.02 Å². The van der Waals surface area contributed by atoms with Crippen LogP contribution in [-0.2, 0) is 10.3 Å². The van der Waals surface area contributed by atoms with Gasteiger partial charge in [-0.05, 0) is 42.3 Å². The molecule has 26 heavy (non-hydrogen) atoms. The molecule has 1 saturated heterocycles. The van der Waals surface area contributed by atoms with Crippen LogP contribution in [0, 0.1) is 0 Å². The predicted octanol–water partition coefficient (Wildman–Crippen LogP) is 2.85. The smallest absolute Gasteiger partial charge is 0.325 e. The SMILES string of the molecule is COc1cccc(C2(C)NC(=O)N(CC(O)c3ccc(Cl)cc3)C2=O)c1. The maximum atomic E-state index is 12.9. The van der Waals surface area contributed by atoms with Crippen molar-refractivity contribution in [2.24, 2.45) is 0 Å². The highest BCUT2D eigenvalue weighted by atomic mass is 35.5. The molecule has 1 aliphatic rings. The van der Waals surface area contributed by atoms with Crippen LogP contribution in [0.25, 0.3) is 0 Å². The van der Waals surface area contributed by atoms with Gasteiger partial charge < -0.3 is 15.2 Å². The molecule has 2 atom stereocenters. The number of nitrogens with zero attached hydrogens (tertiary/aromatic N) is 1. The molecule has 1 heterocycles. The molecule has 6 nitrogen and oxygen atoms in total. The summed E-state index contributed by atoms with van der Waals surface area (Å²) >= 11 is 5.84. The molecule has 2 aromatic carbocycles. The average molecular weight is 375 g/mol. The molecular weight excluding hydrogens is 356 g/mol. The second kappa shape index (κ2) is 6.97. The second-order valence-electron chi connectivity index (χ2n) is 6.27. The zero-order chi connectivity index (χ0) is 18.9. The Labute approximate surface area is 156 Å². The van der Waals surface area contributed by atoms with Gasteiger partial charge in [0.25, 0.3) is 5.91 Å². The highest BCUT2D eigenvalue weighted by molar-refractivity contribution is 6.30. The van der Waals surface area contributed by atoms with E-state index in [9.17, 15) is 14.7 Å². The lowest BCUT2D eigenvalue weighted by molar-refractivity contribution is -0.132. The number of nitrogens with one attached hydrogen (secondary N) is 1. The number of imide groups is 1. The van der Waals surface area contributed by atoms with Gasteiger partial charge in [0.2, 0.25) is 0 Å². The Balaban J connectivity index is 1.83. The molecule has 7 heteroatoms. The molecule has 0 aliphatic carbocycles. The molecule has 1 aliphatic heterocycles. The van der Waals surface area contributed by atoms with Crippen LogP contribution >= 0.6 is 11.6 Å². The maximum Gasteiger partial charge on any atom is 0.325 e. The first-order chi connectivity index (χ1) is 12.3. The zero-order valence-electron chi connectivity index (χ0n) is 14.4.